The molecule has 0 saturated carbocycles. The summed E-state index contributed by atoms with van der Waals surface area (Å²) in [5.74, 6) is 0.651. The van der Waals surface area contributed by atoms with Crippen LogP contribution in [0.15, 0.2) is 11.4 Å². The van der Waals surface area contributed by atoms with E-state index in [2.05, 4.69) is 51.5 Å². The predicted molar refractivity (Wildman–Crippen MR) is 86.3 cm³/mol. The lowest BCUT2D eigenvalue weighted by molar-refractivity contribution is 0.435. The molecule has 5 heteroatoms. The van der Waals surface area contributed by atoms with E-state index in [9.17, 15) is 8.42 Å². The lowest BCUT2D eigenvalue weighted by atomic mass is 9.77. The van der Waals surface area contributed by atoms with E-state index in [0.717, 1.165) is 30.4 Å². The Morgan fingerprint density at radius 1 is 1.24 bits per heavy atom. The Bertz CT molecular complexity index is 592. The molecule has 1 unspecified atom stereocenters. The van der Waals surface area contributed by atoms with Crippen LogP contribution in [-0.4, -0.2) is 24.6 Å². The van der Waals surface area contributed by atoms with Crippen molar-refractivity contribution in [2.75, 3.05) is 6.26 Å². The van der Waals surface area contributed by atoms with Crippen LogP contribution in [0.1, 0.15) is 71.6 Å². The van der Waals surface area contributed by atoms with Crippen molar-refractivity contribution in [1.29, 1.82) is 0 Å². The molecular weight excluding hydrogens is 284 g/mol. The van der Waals surface area contributed by atoms with Crippen molar-refractivity contribution in [3.63, 3.8) is 0 Å². The van der Waals surface area contributed by atoms with Gasteiger partial charge in [-0.05, 0) is 29.7 Å². The molecule has 4 nitrogen and oxygen atoms in total. The number of hydrogen-bond donors (Lipinski definition) is 0. The zero-order chi connectivity index (χ0) is 16.4. The van der Waals surface area contributed by atoms with E-state index in [0.29, 0.717) is 5.92 Å². The molecule has 0 saturated heterocycles. The lowest BCUT2D eigenvalue weighted by Crippen LogP contribution is -2.24. The van der Waals surface area contributed by atoms with E-state index in [1.165, 1.54) is 0 Å². The number of aromatic nitrogens is 2. The predicted octanol–water partition coefficient (Wildman–Crippen LogP) is 3.72. The summed E-state index contributed by atoms with van der Waals surface area (Å²) in [6.45, 7) is 12.9. The van der Waals surface area contributed by atoms with Crippen LogP contribution in [0, 0.1) is 5.92 Å². The first-order valence-electron chi connectivity index (χ1n) is 7.62. The van der Waals surface area contributed by atoms with Crippen LogP contribution in [-0.2, 0) is 15.3 Å². The van der Waals surface area contributed by atoms with Gasteiger partial charge in [0.15, 0.2) is 0 Å². The summed E-state index contributed by atoms with van der Waals surface area (Å²) < 4.78 is 23.5. The van der Waals surface area contributed by atoms with Gasteiger partial charge in [-0.3, -0.25) is 0 Å². The Morgan fingerprint density at radius 2 is 1.81 bits per heavy atom. The van der Waals surface area contributed by atoms with Gasteiger partial charge in [-0.1, -0.05) is 41.5 Å². The molecule has 1 heterocycles. The van der Waals surface area contributed by atoms with E-state index in [1.807, 2.05) is 0 Å². The molecule has 0 N–H and O–H groups in total. The summed E-state index contributed by atoms with van der Waals surface area (Å²) >= 11 is 0. The van der Waals surface area contributed by atoms with Crippen LogP contribution in [0.2, 0.25) is 0 Å². The van der Waals surface area contributed by atoms with Crippen molar-refractivity contribution in [2.45, 2.75) is 70.9 Å². The first-order valence-corrected chi connectivity index (χ1v) is 9.51. The largest absolute Gasteiger partial charge is 0.247 e. The number of nitrogens with zero attached hydrogens (tertiary/aromatic N) is 2. The third-order valence-electron chi connectivity index (χ3n) is 4.34. The number of sulfone groups is 1. The molecule has 1 aromatic heterocycles. The molecule has 1 atom stereocenters. The van der Waals surface area contributed by atoms with E-state index in [4.69, 9.17) is 0 Å². The van der Waals surface area contributed by atoms with Crippen LogP contribution < -0.4 is 0 Å². The molecule has 0 aromatic carbocycles. The molecule has 0 amide bonds. The summed E-state index contributed by atoms with van der Waals surface area (Å²) in [4.78, 5) is 8.55. The van der Waals surface area contributed by atoms with Crippen molar-refractivity contribution < 1.29 is 8.42 Å². The molecule has 0 bridgehead atoms. The minimum atomic E-state index is -3.38. The van der Waals surface area contributed by atoms with Crippen LogP contribution in [0.4, 0.5) is 0 Å². The van der Waals surface area contributed by atoms with Gasteiger partial charge in [0.2, 0.25) is 15.0 Å². The molecule has 0 aliphatic carbocycles. The van der Waals surface area contributed by atoms with Crippen LogP contribution in [0.25, 0.3) is 0 Å². The fourth-order valence-corrected chi connectivity index (χ4v) is 3.04. The molecule has 0 spiro atoms. The van der Waals surface area contributed by atoms with Crippen molar-refractivity contribution in [1.82, 2.24) is 9.97 Å². The Morgan fingerprint density at radius 3 is 2.19 bits per heavy atom. The van der Waals surface area contributed by atoms with E-state index in [1.54, 1.807) is 6.20 Å². The standard InChI is InChI=1S/C16H28N2O2S/c1-8-12(11(3)4)14-13(16(5,6)9-2)10-17-15(18-14)21(7,19)20/h10-12H,8-9H2,1-7H3. The normalized spacial score (nSPS) is 14.5. The van der Waals surface area contributed by atoms with Gasteiger partial charge >= 0.3 is 0 Å². The maximum atomic E-state index is 11.8. The fourth-order valence-electron chi connectivity index (χ4n) is 2.53. The maximum absolute atomic E-state index is 11.8. The Hall–Kier alpha value is -0.970. The van der Waals surface area contributed by atoms with Crippen LogP contribution in [0.5, 0.6) is 0 Å². The highest BCUT2D eigenvalue weighted by Crippen LogP contribution is 2.36. The third kappa shape index (κ3) is 4.02. The van der Waals surface area contributed by atoms with Gasteiger partial charge in [0, 0.05) is 18.4 Å². The van der Waals surface area contributed by atoms with Gasteiger partial charge in [0.1, 0.15) is 0 Å². The Kier molecular flexibility index (Phi) is 5.53. The minimum Gasteiger partial charge on any atom is -0.227 e. The summed E-state index contributed by atoms with van der Waals surface area (Å²) in [5, 5.41) is -0.0627. The summed E-state index contributed by atoms with van der Waals surface area (Å²) in [5.41, 5.74) is 1.90. The van der Waals surface area contributed by atoms with Crippen molar-refractivity contribution in [3.05, 3.63) is 17.5 Å². The first kappa shape index (κ1) is 18.1. The molecular formula is C16H28N2O2S. The quantitative estimate of drug-likeness (QED) is 0.751. The van der Waals surface area contributed by atoms with Gasteiger partial charge in [0.05, 0.1) is 5.69 Å². The molecule has 1 aromatic rings. The second kappa shape index (κ2) is 6.42. The van der Waals surface area contributed by atoms with Crippen LogP contribution >= 0.6 is 0 Å². The summed E-state index contributed by atoms with van der Waals surface area (Å²) in [6.07, 6.45) is 4.77. The monoisotopic (exact) mass is 312 g/mol. The van der Waals surface area contributed by atoms with Gasteiger partial charge < -0.3 is 0 Å². The van der Waals surface area contributed by atoms with Gasteiger partial charge in [-0.15, -0.1) is 0 Å². The highest BCUT2D eigenvalue weighted by molar-refractivity contribution is 7.90. The average Bonchev–Trinajstić information content (AvgIpc) is 2.37. The average molecular weight is 312 g/mol. The van der Waals surface area contributed by atoms with E-state index >= 15 is 0 Å². The van der Waals surface area contributed by atoms with Crippen molar-refractivity contribution in [2.24, 2.45) is 5.92 Å². The lowest BCUT2D eigenvalue weighted by Gasteiger charge is -2.29. The second-order valence-electron chi connectivity index (χ2n) is 6.72. The van der Waals surface area contributed by atoms with Crippen molar-refractivity contribution >= 4 is 9.84 Å². The van der Waals surface area contributed by atoms with Crippen LogP contribution in [0.3, 0.4) is 0 Å². The smallest absolute Gasteiger partial charge is 0.227 e. The molecule has 0 aliphatic heterocycles. The Balaban J connectivity index is 3.60. The van der Waals surface area contributed by atoms with Gasteiger partial charge in [0.25, 0.3) is 0 Å². The Labute approximate surface area is 129 Å². The number of rotatable bonds is 6. The van der Waals surface area contributed by atoms with Crippen molar-refractivity contribution in [3.8, 4) is 0 Å². The third-order valence-corrected chi connectivity index (χ3v) is 5.20. The van der Waals surface area contributed by atoms with Gasteiger partial charge in [-0.2, -0.15) is 0 Å². The zero-order valence-electron chi connectivity index (χ0n) is 14.3. The maximum Gasteiger partial charge on any atom is 0.247 e. The van der Waals surface area contributed by atoms with Gasteiger partial charge in [-0.25, -0.2) is 18.4 Å². The molecule has 0 fully saturated rings. The summed E-state index contributed by atoms with van der Waals surface area (Å²) in [6, 6.07) is 0. The molecule has 120 valence electrons. The SMILES string of the molecule is CCC(c1nc(S(C)(=O)=O)ncc1C(C)(C)CC)C(C)C. The molecule has 0 aliphatic rings. The van der Waals surface area contributed by atoms with E-state index in [-0.39, 0.29) is 16.5 Å². The summed E-state index contributed by atoms with van der Waals surface area (Å²) in [7, 11) is -3.38. The topological polar surface area (TPSA) is 59.9 Å². The minimum absolute atomic E-state index is 0.0618. The molecule has 21 heavy (non-hydrogen) atoms. The fraction of sp³-hybridized carbons (Fsp3) is 0.750. The highest BCUT2D eigenvalue weighted by Gasteiger charge is 2.29. The second-order valence-corrected chi connectivity index (χ2v) is 8.63. The van der Waals surface area contributed by atoms with E-state index < -0.39 is 9.84 Å². The molecule has 1 rings (SSSR count). The number of hydrogen-bond acceptors (Lipinski definition) is 4. The zero-order valence-corrected chi connectivity index (χ0v) is 15.1. The molecule has 0 radical (unpaired) electrons. The highest BCUT2D eigenvalue weighted by atomic mass is 32.2. The first-order chi connectivity index (χ1) is 9.54.